The predicted octanol–water partition coefficient (Wildman–Crippen LogP) is 4.38. The molecular formula is C22H22N2O3S. The van der Waals surface area contributed by atoms with E-state index in [0.717, 1.165) is 11.1 Å². The molecule has 3 aromatic carbocycles. The number of benzene rings is 3. The summed E-state index contributed by atoms with van der Waals surface area (Å²) in [6.07, 6.45) is 0. The van der Waals surface area contributed by atoms with Gasteiger partial charge in [-0.3, -0.25) is 9.10 Å². The average Bonchev–Trinajstić information content (AvgIpc) is 2.70. The first kappa shape index (κ1) is 19.6. The number of hydrogen-bond acceptors (Lipinski definition) is 3. The Labute approximate surface area is 165 Å². The molecular weight excluding hydrogens is 372 g/mol. The Bertz CT molecular complexity index is 1110. The maximum Gasteiger partial charge on any atom is 0.264 e. The number of carbonyl (C=O) groups excluding carboxylic acids is 1. The minimum absolute atomic E-state index is 0.109. The lowest BCUT2D eigenvalue weighted by atomic mass is 10.1. The fourth-order valence-electron chi connectivity index (χ4n) is 2.85. The smallest absolute Gasteiger partial charge is 0.264 e. The van der Waals surface area contributed by atoms with Crippen molar-refractivity contribution in [1.29, 1.82) is 0 Å². The molecule has 3 aromatic rings. The van der Waals surface area contributed by atoms with Crippen molar-refractivity contribution in [2.75, 3.05) is 16.7 Å². The van der Waals surface area contributed by atoms with Gasteiger partial charge in [0.15, 0.2) is 0 Å². The van der Waals surface area contributed by atoms with Crippen molar-refractivity contribution in [3.63, 3.8) is 0 Å². The van der Waals surface area contributed by atoms with E-state index in [9.17, 15) is 13.2 Å². The Morgan fingerprint density at radius 2 is 1.61 bits per heavy atom. The van der Waals surface area contributed by atoms with E-state index in [1.54, 1.807) is 36.4 Å². The summed E-state index contributed by atoms with van der Waals surface area (Å²) in [4.78, 5) is 12.7. The van der Waals surface area contributed by atoms with E-state index in [1.165, 1.54) is 23.5 Å². The normalized spacial score (nSPS) is 11.1. The molecule has 0 saturated heterocycles. The van der Waals surface area contributed by atoms with Crippen LogP contribution in [-0.4, -0.2) is 21.4 Å². The summed E-state index contributed by atoms with van der Waals surface area (Å²) in [6, 6.07) is 20.8. The van der Waals surface area contributed by atoms with E-state index in [0.29, 0.717) is 16.9 Å². The molecule has 0 atom stereocenters. The van der Waals surface area contributed by atoms with Gasteiger partial charge < -0.3 is 5.32 Å². The first-order chi connectivity index (χ1) is 13.3. The molecule has 0 saturated carbocycles. The minimum Gasteiger partial charge on any atom is -0.322 e. The number of para-hydroxylation sites is 1. The van der Waals surface area contributed by atoms with Gasteiger partial charge in [-0.05, 0) is 55.8 Å². The van der Waals surface area contributed by atoms with Gasteiger partial charge in [-0.1, -0.05) is 42.0 Å². The fourth-order valence-corrected chi connectivity index (χ4v) is 4.09. The molecule has 0 aliphatic heterocycles. The number of hydrogen-bond donors (Lipinski definition) is 1. The van der Waals surface area contributed by atoms with Crippen LogP contribution in [-0.2, 0) is 10.0 Å². The highest BCUT2D eigenvalue weighted by molar-refractivity contribution is 7.92. The van der Waals surface area contributed by atoms with Crippen molar-refractivity contribution in [3.05, 3.63) is 89.5 Å². The molecule has 0 unspecified atom stereocenters. The summed E-state index contributed by atoms with van der Waals surface area (Å²) in [5.41, 5.74) is 3.39. The molecule has 0 aromatic heterocycles. The zero-order chi connectivity index (χ0) is 20.3. The number of sulfonamides is 1. The van der Waals surface area contributed by atoms with Crippen molar-refractivity contribution in [2.45, 2.75) is 18.7 Å². The van der Waals surface area contributed by atoms with Gasteiger partial charge in [-0.15, -0.1) is 0 Å². The second-order valence-corrected chi connectivity index (χ2v) is 8.58. The molecule has 1 amide bonds. The number of aryl methyl sites for hydroxylation is 2. The molecule has 5 nitrogen and oxygen atoms in total. The van der Waals surface area contributed by atoms with Crippen LogP contribution >= 0.6 is 0 Å². The van der Waals surface area contributed by atoms with Crippen molar-refractivity contribution >= 4 is 27.3 Å². The molecule has 0 bridgehead atoms. The fraction of sp³-hybridized carbons (Fsp3) is 0.136. The van der Waals surface area contributed by atoms with Crippen molar-refractivity contribution < 1.29 is 13.2 Å². The third-order valence-corrected chi connectivity index (χ3v) is 6.29. The van der Waals surface area contributed by atoms with Gasteiger partial charge in [0, 0.05) is 18.3 Å². The molecule has 1 N–H and O–H groups in total. The monoisotopic (exact) mass is 394 g/mol. The topological polar surface area (TPSA) is 66.5 Å². The number of nitrogens with zero attached hydrogens (tertiary/aromatic N) is 1. The van der Waals surface area contributed by atoms with E-state index in [2.05, 4.69) is 5.32 Å². The lowest BCUT2D eigenvalue weighted by molar-refractivity contribution is 0.102. The highest BCUT2D eigenvalue weighted by Crippen LogP contribution is 2.24. The summed E-state index contributed by atoms with van der Waals surface area (Å²) in [5, 5.41) is 2.80. The highest BCUT2D eigenvalue weighted by atomic mass is 32.2. The van der Waals surface area contributed by atoms with Gasteiger partial charge in [-0.2, -0.15) is 0 Å². The summed E-state index contributed by atoms with van der Waals surface area (Å²) in [6.45, 7) is 3.78. The molecule has 0 spiro atoms. The standard InChI is InChI=1S/C22H22N2O3S/c1-16-12-13-17(2)21(14-16)22(25)23-18-8-7-11-20(15-18)28(26,27)24(3)19-9-5-4-6-10-19/h4-15H,1-3H3,(H,23,25). The number of nitrogens with one attached hydrogen (secondary N) is 1. The number of amides is 1. The molecule has 0 aliphatic carbocycles. The van der Waals surface area contributed by atoms with Crippen LogP contribution in [0.2, 0.25) is 0 Å². The van der Waals surface area contributed by atoms with Gasteiger partial charge in [0.2, 0.25) is 0 Å². The van der Waals surface area contributed by atoms with Gasteiger partial charge in [0.05, 0.1) is 10.6 Å². The SMILES string of the molecule is Cc1ccc(C)c(C(=O)Nc2cccc(S(=O)(=O)N(C)c3ccccc3)c2)c1. The molecule has 0 aliphatic rings. The number of rotatable bonds is 5. The van der Waals surface area contributed by atoms with Crippen LogP contribution < -0.4 is 9.62 Å². The Balaban J connectivity index is 1.88. The van der Waals surface area contributed by atoms with Crippen LogP contribution in [0, 0.1) is 13.8 Å². The molecule has 3 rings (SSSR count). The Kier molecular flexibility index (Phi) is 5.51. The average molecular weight is 394 g/mol. The molecule has 0 fully saturated rings. The van der Waals surface area contributed by atoms with Crippen molar-refractivity contribution in [2.24, 2.45) is 0 Å². The molecule has 0 radical (unpaired) electrons. The lowest BCUT2D eigenvalue weighted by Gasteiger charge is -2.20. The summed E-state index contributed by atoms with van der Waals surface area (Å²) < 4.78 is 27.1. The quantitative estimate of drug-likeness (QED) is 0.698. The predicted molar refractivity (Wildman–Crippen MR) is 112 cm³/mol. The minimum atomic E-state index is -3.75. The van der Waals surface area contributed by atoms with Gasteiger partial charge in [0.1, 0.15) is 0 Å². The Morgan fingerprint density at radius 3 is 2.32 bits per heavy atom. The van der Waals surface area contributed by atoms with Gasteiger partial charge in [0.25, 0.3) is 15.9 Å². The largest absolute Gasteiger partial charge is 0.322 e. The van der Waals surface area contributed by atoms with Crippen LogP contribution in [0.15, 0.2) is 77.7 Å². The van der Waals surface area contributed by atoms with Crippen LogP contribution in [0.4, 0.5) is 11.4 Å². The zero-order valence-electron chi connectivity index (χ0n) is 16.0. The van der Waals surface area contributed by atoms with Crippen LogP contribution in [0.3, 0.4) is 0 Å². The van der Waals surface area contributed by atoms with Gasteiger partial charge >= 0.3 is 0 Å². The summed E-state index contributed by atoms with van der Waals surface area (Å²) in [7, 11) is -2.24. The summed E-state index contributed by atoms with van der Waals surface area (Å²) >= 11 is 0. The molecule has 0 heterocycles. The van der Waals surface area contributed by atoms with E-state index in [4.69, 9.17) is 0 Å². The third-order valence-electron chi connectivity index (χ3n) is 4.51. The molecule has 6 heteroatoms. The van der Waals surface area contributed by atoms with E-state index >= 15 is 0 Å². The number of anilines is 2. The maximum absolute atomic E-state index is 13.0. The Morgan fingerprint density at radius 1 is 0.893 bits per heavy atom. The van der Waals surface area contributed by atoms with Crippen molar-refractivity contribution in [1.82, 2.24) is 0 Å². The lowest BCUT2D eigenvalue weighted by Crippen LogP contribution is -2.26. The first-order valence-corrected chi connectivity index (χ1v) is 10.3. The highest BCUT2D eigenvalue weighted by Gasteiger charge is 2.22. The number of carbonyl (C=O) groups is 1. The van der Waals surface area contributed by atoms with Crippen LogP contribution in [0.1, 0.15) is 21.5 Å². The van der Waals surface area contributed by atoms with Crippen molar-refractivity contribution in [3.8, 4) is 0 Å². The van der Waals surface area contributed by atoms with Crippen LogP contribution in [0.5, 0.6) is 0 Å². The summed E-state index contributed by atoms with van der Waals surface area (Å²) in [5.74, 6) is -0.271. The first-order valence-electron chi connectivity index (χ1n) is 8.82. The molecule has 28 heavy (non-hydrogen) atoms. The van der Waals surface area contributed by atoms with E-state index < -0.39 is 10.0 Å². The Hall–Kier alpha value is -3.12. The van der Waals surface area contributed by atoms with Crippen LogP contribution in [0.25, 0.3) is 0 Å². The second kappa shape index (κ2) is 7.86. The van der Waals surface area contributed by atoms with Gasteiger partial charge in [-0.25, -0.2) is 8.42 Å². The zero-order valence-corrected chi connectivity index (χ0v) is 16.8. The van der Waals surface area contributed by atoms with E-state index in [1.807, 2.05) is 38.1 Å². The second-order valence-electron chi connectivity index (χ2n) is 6.61. The maximum atomic E-state index is 13.0. The van der Waals surface area contributed by atoms with E-state index in [-0.39, 0.29) is 10.8 Å². The third kappa shape index (κ3) is 4.07. The molecule has 144 valence electrons.